The van der Waals surface area contributed by atoms with Gasteiger partial charge in [0.2, 0.25) is 5.76 Å². The van der Waals surface area contributed by atoms with Gasteiger partial charge in [-0.25, -0.2) is 4.79 Å². The average Bonchev–Trinajstić information content (AvgIpc) is 3.27. The van der Waals surface area contributed by atoms with Crippen molar-refractivity contribution >= 4 is 11.9 Å². The highest BCUT2D eigenvalue weighted by Gasteiger charge is 2.39. The summed E-state index contributed by atoms with van der Waals surface area (Å²) < 4.78 is 10.8. The molecule has 2 heterocycles. The lowest BCUT2D eigenvalue weighted by Gasteiger charge is -2.24. The van der Waals surface area contributed by atoms with Gasteiger partial charge in [-0.1, -0.05) is 48.5 Å². The zero-order valence-corrected chi connectivity index (χ0v) is 14.9. The Morgan fingerprint density at radius 3 is 2.56 bits per heavy atom. The van der Waals surface area contributed by atoms with Crippen LogP contribution in [-0.2, 0) is 11.3 Å². The highest BCUT2D eigenvalue weighted by Crippen LogP contribution is 2.40. The Bertz CT molecular complexity index is 977. The van der Waals surface area contributed by atoms with Crippen LogP contribution < -0.4 is 0 Å². The van der Waals surface area contributed by atoms with Crippen molar-refractivity contribution in [3.8, 4) is 0 Å². The Kier molecular flexibility index (Phi) is 4.50. The van der Waals surface area contributed by atoms with E-state index in [1.54, 1.807) is 24.0 Å². The number of rotatable bonds is 5. The molecule has 2 aromatic carbocycles. The van der Waals surface area contributed by atoms with Gasteiger partial charge in [0.05, 0.1) is 6.61 Å². The number of fused-ring (bicyclic) bond motifs is 1. The van der Waals surface area contributed by atoms with Gasteiger partial charge < -0.3 is 14.1 Å². The first-order valence-corrected chi connectivity index (χ1v) is 8.89. The van der Waals surface area contributed by atoms with Crippen LogP contribution in [0, 0.1) is 0 Å². The third kappa shape index (κ3) is 3.12. The van der Waals surface area contributed by atoms with Gasteiger partial charge in [-0.3, -0.25) is 4.79 Å². The van der Waals surface area contributed by atoms with E-state index in [9.17, 15) is 9.59 Å². The third-order valence-corrected chi connectivity index (χ3v) is 4.63. The SMILES string of the molecule is CCOC(=O)c1ccc([C@H]2c3ccccc3C(=O)N2Cc2ccccc2)o1. The molecule has 0 aliphatic carbocycles. The molecular formula is C22H19NO4. The van der Waals surface area contributed by atoms with Crippen molar-refractivity contribution in [3.63, 3.8) is 0 Å². The predicted molar refractivity (Wildman–Crippen MR) is 99.3 cm³/mol. The molecule has 5 heteroatoms. The summed E-state index contributed by atoms with van der Waals surface area (Å²) >= 11 is 0. The molecule has 0 unspecified atom stereocenters. The largest absolute Gasteiger partial charge is 0.460 e. The van der Waals surface area contributed by atoms with Crippen LogP contribution in [0.1, 0.15) is 50.8 Å². The Labute approximate surface area is 157 Å². The summed E-state index contributed by atoms with van der Waals surface area (Å²) in [6.07, 6.45) is 0. The number of esters is 1. The number of nitrogens with zero attached hydrogens (tertiary/aromatic N) is 1. The number of amides is 1. The molecule has 5 nitrogen and oxygen atoms in total. The van der Waals surface area contributed by atoms with Gasteiger partial charge in [-0.2, -0.15) is 0 Å². The van der Waals surface area contributed by atoms with Gasteiger partial charge in [0.1, 0.15) is 11.8 Å². The third-order valence-electron chi connectivity index (χ3n) is 4.63. The number of ether oxygens (including phenoxy) is 1. The van der Waals surface area contributed by atoms with Crippen LogP contribution in [0.2, 0.25) is 0 Å². The lowest BCUT2D eigenvalue weighted by Crippen LogP contribution is -2.28. The number of benzene rings is 2. The van der Waals surface area contributed by atoms with Gasteiger partial charge >= 0.3 is 5.97 Å². The number of furan rings is 1. The van der Waals surface area contributed by atoms with E-state index in [0.29, 0.717) is 17.9 Å². The van der Waals surface area contributed by atoms with Gasteiger partial charge in [-0.05, 0) is 36.2 Å². The molecule has 0 fully saturated rings. The van der Waals surface area contributed by atoms with Crippen molar-refractivity contribution < 1.29 is 18.7 Å². The van der Waals surface area contributed by atoms with Crippen molar-refractivity contribution in [2.24, 2.45) is 0 Å². The fourth-order valence-corrected chi connectivity index (χ4v) is 3.43. The minimum atomic E-state index is -0.504. The molecule has 27 heavy (non-hydrogen) atoms. The number of carbonyl (C=O) groups is 2. The molecule has 0 spiro atoms. The average molecular weight is 361 g/mol. The highest BCUT2D eigenvalue weighted by molar-refractivity contribution is 5.99. The second kappa shape index (κ2) is 7.11. The van der Waals surface area contributed by atoms with E-state index in [0.717, 1.165) is 11.1 Å². The van der Waals surface area contributed by atoms with Gasteiger partial charge in [0, 0.05) is 12.1 Å². The van der Waals surface area contributed by atoms with Crippen molar-refractivity contribution in [1.29, 1.82) is 0 Å². The van der Waals surface area contributed by atoms with Crippen molar-refractivity contribution in [2.45, 2.75) is 19.5 Å². The lowest BCUT2D eigenvalue weighted by molar-refractivity contribution is 0.0485. The topological polar surface area (TPSA) is 59.8 Å². The minimum Gasteiger partial charge on any atom is -0.460 e. The summed E-state index contributed by atoms with van der Waals surface area (Å²) in [4.78, 5) is 26.8. The lowest BCUT2D eigenvalue weighted by atomic mass is 10.0. The van der Waals surface area contributed by atoms with Crippen LogP contribution >= 0.6 is 0 Å². The van der Waals surface area contributed by atoms with E-state index in [1.165, 1.54) is 0 Å². The molecule has 4 rings (SSSR count). The van der Waals surface area contributed by atoms with Crippen LogP contribution in [0.25, 0.3) is 0 Å². The predicted octanol–water partition coefficient (Wildman–Crippen LogP) is 4.20. The molecule has 1 aliphatic heterocycles. The summed E-state index contributed by atoms with van der Waals surface area (Å²) in [7, 11) is 0. The fraction of sp³-hybridized carbons (Fsp3) is 0.182. The zero-order chi connectivity index (χ0) is 18.8. The van der Waals surface area contributed by atoms with Crippen molar-refractivity contribution in [1.82, 2.24) is 4.90 Å². The van der Waals surface area contributed by atoms with E-state index in [2.05, 4.69) is 0 Å². The maximum absolute atomic E-state index is 13.0. The fourth-order valence-electron chi connectivity index (χ4n) is 3.43. The van der Waals surface area contributed by atoms with Gasteiger partial charge in [-0.15, -0.1) is 0 Å². The summed E-state index contributed by atoms with van der Waals surface area (Å²) in [6.45, 7) is 2.48. The highest BCUT2D eigenvalue weighted by atomic mass is 16.5. The first kappa shape index (κ1) is 17.1. The van der Waals surface area contributed by atoms with Crippen LogP contribution in [0.4, 0.5) is 0 Å². The first-order valence-electron chi connectivity index (χ1n) is 8.89. The molecule has 1 amide bonds. The molecule has 1 aliphatic rings. The molecular weight excluding hydrogens is 342 g/mol. The van der Waals surface area contributed by atoms with Crippen molar-refractivity contribution in [3.05, 3.63) is 94.9 Å². The summed E-state index contributed by atoms with van der Waals surface area (Å²) in [5, 5.41) is 0. The van der Waals surface area contributed by atoms with Crippen LogP contribution in [0.15, 0.2) is 71.1 Å². The van der Waals surface area contributed by atoms with E-state index in [4.69, 9.17) is 9.15 Å². The molecule has 0 bridgehead atoms. The van der Waals surface area contributed by atoms with E-state index in [-0.39, 0.29) is 24.3 Å². The standard InChI is InChI=1S/C22H19NO4/c1-2-26-22(25)19-13-12-18(27-19)20-16-10-6-7-11-17(16)21(24)23(20)14-15-8-4-3-5-9-15/h3-13,20H,2,14H2,1H3/t20-/m1/s1. The smallest absolute Gasteiger partial charge is 0.374 e. The number of hydrogen-bond acceptors (Lipinski definition) is 4. The molecule has 1 atom stereocenters. The quantitative estimate of drug-likeness (QED) is 0.639. The van der Waals surface area contributed by atoms with Crippen molar-refractivity contribution in [2.75, 3.05) is 6.61 Å². The summed E-state index contributed by atoms with van der Waals surface area (Å²) in [5.41, 5.74) is 2.57. The number of hydrogen-bond donors (Lipinski definition) is 0. The van der Waals surface area contributed by atoms with E-state index >= 15 is 0 Å². The van der Waals surface area contributed by atoms with Gasteiger partial charge in [0.25, 0.3) is 5.91 Å². The molecule has 0 N–H and O–H groups in total. The second-order valence-electron chi connectivity index (χ2n) is 6.33. The normalized spacial score (nSPS) is 15.7. The Hall–Kier alpha value is -3.34. The first-order chi connectivity index (χ1) is 13.2. The van der Waals surface area contributed by atoms with Crippen LogP contribution in [0.3, 0.4) is 0 Å². The minimum absolute atomic E-state index is 0.0477. The zero-order valence-electron chi connectivity index (χ0n) is 14.9. The molecule has 1 aromatic heterocycles. The Morgan fingerprint density at radius 1 is 1.04 bits per heavy atom. The van der Waals surface area contributed by atoms with Gasteiger partial charge in [0.15, 0.2) is 0 Å². The maximum atomic E-state index is 13.0. The molecule has 0 radical (unpaired) electrons. The van der Waals surface area contributed by atoms with E-state index in [1.807, 2.05) is 54.6 Å². The van der Waals surface area contributed by atoms with Crippen LogP contribution in [0.5, 0.6) is 0 Å². The second-order valence-corrected chi connectivity index (χ2v) is 6.33. The summed E-state index contributed by atoms with van der Waals surface area (Å²) in [6, 6.07) is 20.3. The molecule has 0 saturated carbocycles. The monoisotopic (exact) mass is 361 g/mol. The maximum Gasteiger partial charge on any atom is 0.374 e. The summed E-state index contributed by atoms with van der Waals surface area (Å²) in [5.74, 6) is 0.139. The Balaban J connectivity index is 1.73. The van der Waals surface area contributed by atoms with E-state index < -0.39 is 5.97 Å². The molecule has 3 aromatic rings. The molecule has 136 valence electrons. The van der Waals surface area contributed by atoms with Crippen LogP contribution in [-0.4, -0.2) is 23.4 Å². The molecule has 0 saturated heterocycles. The Morgan fingerprint density at radius 2 is 1.78 bits per heavy atom. The number of carbonyl (C=O) groups excluding carboxylic acids is 2.